The highest BCUT2D eigenvalue weighted by molar-refractivity contribution is 7.93. The van der Waals surface area contributed by atoms with Crippen LogP contribution < -0.4 is 24.4 Å². The maximum Gasteiger partial charge on any atom is 0.409 e. The molecule has 1 fully saturated rings. The molecule has 14 nitrogen and oxygen atoms in total. The fraction of sp³-hybridized carbons (Fsp3) is 0.429. The molecule has 204 valence electrons. The second kappa shape index (κ2) is 10.7. The van der Waals surface area contributed by atoms with Crippen molar-refractivity contribution in [2.45, 2.75) is 24.0 Å². The largest absolute Gasteiger partial charge is 0.484 e. The summed E-state index contributed by atoms with van der Waals surface area (Å²) in [5.74, 6) is -1.90. The lowest BCUT2D eigenvalue weighted by molar-refractivity contribution is -0.122. The maximum absolute atomic E-state index is 13.8. The van der Waals surface area contributed by atoms with Crippen LogP contribution in [0.25, 0.3) is 0 Å². The normalized spacial score (nSPS) is 20.2. The number of fused-ring (bicyclic) bond motifs is 1. The number of nitrogens with one attached hydrogen (secondary N) is 2. The summed E-state index contributed by atoms with van der Waals surface area (Å²) in [6.45, 7) is -4.70. The quantitative estimate of drug-likeness (QED) is 0.327. The number of benzene rings is 1. The lowest BCUT2D eigenvalue weighted by atomic mass is 10.2. The Balaban J connectivity index is 1.69. The Morgan fingerprint density at radius 3 is 2.76 bits per heavy atom. The summed E-state index contributed by atoms with van der Waals surface area (Å²) in [7, 11) is -4.68. The minimum absolute atomic E-state index is 0.00288. The molecule has 0 radical (unpaired) electrons. The van der Waals surface area contributed by atoms with E-state index in [9.17, 15) is 26.8 Å². The van der Waals surface area contributed by atoms with Gasteiger partial charge in [0.2, 0.25) is 5.91 Å². The van der Waals surface area contributed by atoms with Gasteiger partial charge in [0.1, 0.15) is 18.5 Å². The average Bonchev–Trinajstić information content (AvgIpc) is 3.54. The van der Waals surface area contributed by atoms with Crippen LogP contribution in [0.15, 0.2) is 29.3 Å². The molecule has 2 aromatic rings. The van der Waals surface area contributed by atoms with Crippen LogP contribution >= 0.6 is 0 Å². The number of carbonyl (C=O) groups is 2. The van der Waals surface area contributed by atoms with E-state index < -0.39 is 65.2 Å². The second-order valence-electron chi connectivity index (χ2n) is 8.34. The SMILES string of the molecule is N#C[C@H]1C[C@H]1C(=O)NC[C@H]1CN(S(=O)(=O)c2cn(C(F)F)nc2OCCO)c2cc(NC(=O)O)ccc2O1. The van der Waals surface area contributed by atoms with Crippen LogP contribution in [-0.2, 0) is 14.8 Å². The van der Waals surface area contributed by atoms with Crippen molar-refractivity contribution < 1.29 is 46.5 Å². The number of anilines is 2. The highest BCUT2D eigenvalue weighted by Gasteiger charge is 2.44. The Bertz CT molecular complexity index is 1380. The molecule has 0 spiro atoms. The minimum Gasteiger partial charge on any atom is -0.484 e. The number of alkyl halides is 2. The van der Waals surface area contributed by atoms with Gasteiger partial charge in [-0.25, -0.2) is 17.9 Å². The van der Waals surface area contributed by atoms with Crippen molar-refractivity contribution in [1.82, 2.24) is 15.1 Å². The minimum atomic E-state index is -4.68. The number of nitriles is 1. The third-order valence-corrected chi connectivity index (χ3v) is 7.47. The molecule has 4 N–H and O–H groups in total. The molecule has 1 aliphatic carbocycles. The monoisotopic (exact) mass is 556 g/mol. The summed E-state index contributed by atoms with van der Waals surface area (Å²) < 4.78 is 66.0. The summed E-state index contributed by atoms with van der Waals surface area (Å²) in [5.41, 5.74) is -0.105. The first-order valence-electron chi connectivity index (χ1n) is 11.2. The molecule has 0 unspecified atom stereocenters. The number of carbonyl (C=O) groups excluding carboxylic acids is 1. The molecule has 0 saturated heterocycles. The van der Waals surface area contributed by atoms with Crippen molar-refractivity contribution >= 4 is 33.4 Å². The van der Waals surface area contributed by atoms with E-state index in [2.05, 4.69) is 15.7 Å². The van der Waals surface area contributed by atoms with Crippen LogP contribution in [0.3, 0.4) is 0 Å². The first-order chi connectivity index (χ1) is 18.0. The summed E-state index contributed by atoms with van der Waals surface area (Å²) in [5, 5.41) is 35.2. The highest BCUT2D eigenvalue weighted by Crippen LogP contribution is 2.41. The molecule has 1 saturated carbocycles. The van der Waals surface area contributed by atoms with Crippen molar-refractivity contribution in [3.63, 3.8) is 0 Å². The van der Waals surface area contributed by atoms with Crippen molar-refractivity contribution in [2.75, 3.05) is 35.9 Å². The molecule has 2 amide bonds. The standard InChI is InChI=1S/C21H22F2N6O8S/c22-20(23)28-10-17(19(27-28)36-4-3-30)38(34,35)29-9-13(8-25-18(31)14-5-11(14)7-24)37-16-2-1-12(6-15(16)29)26-21(32)33/h1-2,6,10-11,13-14,20,26,30H,3-5,8-9H2,(H,25,31)(H,32,33)/t11-,13+,14-/m1/s1. The van der Waals surface area contributed by atoms with E-state index in [-0.39, 0.29) is 40.2 Å². The van der Waals surface area contributed by atoms with Crippen LogP contribution in [0.5, 0.6) is 11.6 Å². The van der Waals surface area contributed by atoms with E-state index in [1.807, 2.05) is 6.07 Å². The van der Waals surface area contributed by atoms with Gasteiger partial charge in [-0.2, -0.15) is 14.0 Å². The summed E-state index contributed by atoms with van der Waals surface area (Å²) in [4.78, 5) is 22.7. The van der Waals surface area contributed by atoms with Crippen molar-refractivity contribution in [2.24, 2.45) is 11.8 Å². The summed E-state index contributed by atoms with van der Waals surface area (Å²) >= 11 is 0. The number of rotatable bonds is 10. The van der Waals surface area contributed by atoms with Gasteiger partial charge in [-0.15, -0.1) is 5.10 Å². The van der Waals surface area contributed by atoms with Gasteiger partial charge in [0.15, 0.2) is 4.90 Å². The van der Waals surface area contributed by atoms with Gasteiger partial charge >= 0.3 is 12.6 Å². The number of halogens is 2. The molecule has 1 aliphatic heterocycles. The van der Waals surface area contributed by atoms with Crippen LogP contribution in [0.4, 0.5) is 25.0 Å². The topological polar surface area (TPSA) is 196 Å². The smallest absolute Gasteiger partial charge is 0.409 e. The van der Waals surface area contributed by atoms with Gasteiger partial charge in [-0.3, -0.25) is 14.4 Å². The predicted molar refractivity (Wildman–Crippen MR) is 123 cm³/mol. The van der Waals surface area contributed by atoms with Crippen LogP contribution in [0.2, 0.25) is 0 Å². The molecule has 3 atom stereocenters. The molecular weight excluding hydrogens is 534 g/mol. The zero-order chi connectivity index (χ0) is 27.6. The van der Waals surface area contributed by atoms with Gasteiger partial charge in [0.25, 0.3) is 15.9 Å². The Labute approximate surface area is 214 Å². The molecule has 38 heavy (non-hydrogen) atoms. The molecule has 1 aromatic heterocycles. The molecule has 2 aliphatic rings. The fourth-order valence-electron chi connectivity index (χ4n) is 3.82. The summed E-state index contributed by atoms with van der Waals surface area (Å²) in [6.07, 6.45) is -1.36. The number of hydrogen-bond donors (Lipinski definition) is 4. The number of carboxylic acid groups (broad SMARTS) is 1. The number of ether oxygens (including phenoxy) is 2. The van der Waals surface area contributed by atoms with Crippen molar-refractivity contribution in [3.05, 3.63) is 24.4 Å². The van der Waals surface area contributed by atoms with Gasteiger partial charge < -0.3 is 25.0 Å². The lowest BCUT2D eigenvalue weighted by Gasteiger charge is -2.35. The highest BCUT2D eigenvalue weighted by atomic mass is 32.2. The maximum atomic E-state index is 13.8. The van der Waals surface area contributed by atoms with Crippen LogP contribution in [-0.4, -0.2) is 72.8 Å². The molecular formula is C21H22F2N6O8S. The van der Waals surface area contributed by atoms with Gasteiger partial charge in [0, 0.05) is 5.69 Å². The van der Waals surface area contributed by atoms with E-state index >= 15 is 0 Å². The van der Waals surface area contributed by atoms with Gasteiger partial charge in [0.05, 0.1) is 49.5 Å². The number of nitrogens with zero attached hydrogens (tertiary/aromatic N) is 4. The third-order valence-electron chi connectivity index (χ3n) is 5.70. The first-order valence-corrected chi connectivity index (χ1v) is 12.6. The molecule has 17 heteroatoms. The molecule has 4 rings (SSSR count). The van der Waals surface area contributed by atoms with Crippen LogP contribution in [0.1, 0.15) is 13.0 Å². The zero-order valence-electron chi connectivity index (χ0n) is 19.5. The average molecular weight is 557 g/mol. The predicted octanol–water partition coefficient (Wildman–Crippen LogP) is 0.971. The lowest BCUT2D eigenvalue weighted by Crippen LogP contribution is -2.48. The molecule has 1 aromatic carbocycles. The first kappa shape index (κ1) is 26.9. The summed E-state index contributed by atoms with van der Waals surface area (Å²) in [6, 6.07) is 5.82. The Hall–Kier alpha value is -4.17. The van der Waals surface area contributed by atoms with Gasteiger partial charge in [-0.05, 0) is 24.6 Å². The van der Waals surface area contributed by atoms with Crippen molar-refractivity contribution in [3.8, 4) is 17.7 Å². The van der Waals surface area contributed by atoms with E-state index in [0.29, 0.717) is 12.6 Å². The number of amides is 2. The Morgan fingerprint density at radius 1 is 1.37 bits per heavy atom. The van der Waals surface area contributed by atoms with E-state index in [0.717, 1.165) is 4.31 Å². The Kier molecular flexibility index (Phi) is 7.55. The zero-order valence-corrected chi connectivity index (χ0v) is 20.3. The number of aliphatic hydroxyl groups is 1. The van der Waals surface area contributed by atoms with Crippen LogP contribution in [0, 0.1) is 23.2 Å². The number of hydrogen-bond acceptors (Lipinski definition) is 9. The number of sulfonamides is 1. The van der Waals surface area contributed by atoms with E-state index in [1.165, 1.54) is 18.2 Å². The third kappa shape index (κ3) is 5.55. The fourth-order valence-corrected chi connectivity index (χ4v) is 5.38. The Morgan fingerprint density at radius 2 is 2.13 bits per heavy atom. The van der Waals surface area contributed by atoms with E-state index in [1.54, 1.807) is 0 Å². The number of aliphatic hydroxyl groups excluding tert-OH is 1. The van der Waals surface area contributed by atoms with Gasteiger partial charge in [-0.1, -0.05) is 0 Å². The molecule has 0 bridgehead atoms. The second-order valence-corrected chi connectivity index (χ2v) is 10.2. The molecule has 2 heterocycles. The van der Waals surface area contributed by atoms with E-state index in [4.69, 9.17) is 24.9 Å². The van der Waals surface area contributed by atoms with Crippen molar-refractivity contribution in [1.29, 1.82) is 5.26 Å². The number of aromatic nitrogens is 2.